The van der Waals surface area contributed by atoms with E-state index in [1.165, 1.54) is 5.56 Å². The quantitative estimate of drug-likeness (QED) is 0.730. The fourth-order valence-electron chi connectivity index (χ4n) is 3.62. The third kappa shape index (κ3) is 4.06. The molecule has 0 radical (unpaired) electrons. The highest BCUT2D eigenvalue weighted by Gasteiger charge is 2.22. The van der Waals surface area contributed by atoms with E-state index in [1.54, 1.807) is 4.90 Å². The molecule has 3 rings (SSSR count). The second-order valence-corrected chi connectivity index (χ2v) is 7.14. The lowest BCUT2D eigenvalue weighted by Gasteiger charge is -2.17. The van der Waals surface area contributed by atoms with E-state index in [2.05, 4.69) is 19.1 Å². The first-order chi connectivity index (χ1) is 12.1. The highest BCUT2D eigenvalue weighted by Crippen LogP contribution is 2.27. The minimum atomic E-state index is -0.0296. The van der Waals surface area contributed by atoms with Crippen molar-refractivity contribution in [3.05, 3.63) is 35.1 Å². The van der Waals surface area contributed by atoms with Crippen LogP contribution in [0.3, 0.4) is 0 Å². The van der Waals surface area contributed by atoms with Crippen molar-refractivity contribution in [1.82, 2.24) is 4.90 Å². The molecule has 1 aromatic heterocycles. The number of rotatable bonds is 7. The maximum Gasteiger partial charge on any atom is 0.289 e. The number of hydrogen-bond donors (Lipinski definition) is 0. The zero-order valence-electron chi connectivity index (χ0n) is 15.6. The van der Waals surface area contributed by atoms with Crippen molar-refractivity contribution in [2.75, 3.05) is 20.2 Å². The minimum Gasteiger partial charge on any atom is -0.451 e. The van der Waals surface area contributed by atoms with Gasteiger partial charge in [-0.15, -0.1) is 0 Å². The van der Waals surface area contributed by atoms with E-state index in [4.69, 9.17) is 9.15 Å². The predicted molar refractivity (Wildman–Crippen MR) is 100 cm³/mol. The van der Waals surface area contributed by atoms with Gasteiger partial charge in [-0.2, -0.15) is 0 Å². The average molecular weight is 343 g/mol. The van der Waals surface area contributed by atoms with E-state index in [0.29, 0.717) is 11.9 Å². The summed E-state index contributed by atoms with van der Waals surface area (Å²) in [6, 6.07) is 6.24. The van der Waals surface area contributed by atoms with Gasteiger partial charge in [0.1, 0.15) is 5.58 Å². The van der Waals surface area contributed by atoms with Gasteiger partial charge in [0.25, 0.3) is 5.91 Å². The van der Waals surface area contributed by atoms with Gasteiger partial charge in [-0.1, -0.05) is 19.4 Å². The zero-order chi connectivity index (χ0) is 17.8. The number of benzene rings is 1. The van der Waals surface area contributed by atoms with E-state index >= 15 is 0 Å². The topological polar surface area (TPSA) is 42.7 Å². The molecule has 0 spiro atoms. The minimum absolute atomic E-state index is 0.0296. The molecule has 1 fully saturated rings. The fourth-order valence-corrected chi connectivity index (χ4v) is 3.62. The number of furan rings is 1. The number of fused-ring (bicyclic) bond motifs is 1. The van der Waals surface area contributed by atoms with Gasteiger partial charge in [-0.25, -0.2) is 0 Å². The molecule has 1 aliphatic heterocycles. The van der Waals surface area contributed by atoms with E-state index in [9.17, 15) is 4.79 Å². The van der Waals surface area contributed by atoms with E-state index < -0.39 is 0 Å². The van der Waals surface area contributed by atoms with Gasteiger partial charge in [0.15, 0.2) is 5.76 Å². The number of ether oxygens (including phenoxy) is 1. The van der Waals surface area contributed by atoms with Crippen LogP contribution in [0, 0.1) is 6.92 Å². The second kappa shape index (κ2) is 8.05. The van der Waals surface area contributed by atoms with Crippen molar-refractivity contribution in [1.29, 1.82) is 0 Å². The van der Waals surface area contributed by atoms with Crippen molar-refractivity contribution < 1.29 is 13.9 Å². The van der Waals surface area contributed by atoms with Crippen LogP contribution >= 0.6 is 0 Å². The summed E-state index contributed by atoms with van der Waals surface area (Å²) < 4.78 is 11.5. The summed E-state index contributed by atoms with van der Waals surface area (Å²) in [6.07, 6.45) is 6.85. The lowest BCUT2D eigenvalue weighted by molar-refractivity contribution is 0.0736. The van der Waals surface area contributed by atoms with Crippen LogP contribution in [-0.4, -0.2) is 37.1 Å². The van der Waals surface area contributed by atoms with Crippen molar-refractivity contribution in [2.24, 2.45) is 0 Å². The Morgan fingerprint density at radius 2 is 2.20 bits per heavy atom. The SMILES string of the molecule is CCCc1ccc2oc(C(=O)N(C)CCC[C@@H]3CCCO3)c(C)c2c1. The Morgan fingerprint density at radius 3 is 2.92 bits per heavy atom. The fraction of sp³-hybridized carbons (Fsp3) is 0.571. The summed E-state index contributed by atoms with van der Waals surface area (Å²) >= 11 is 0. The molecule has 4 nitrogen and oxygen atoms in total. The van der Waals surface area contributed by atoms with Crippen molar-refractivity contribution in [3.63, 3.8) is 0 Å². The zero-order valence-corrected chi connectivity index (χ0v) is 15.6. The van der Waals surface area contributed by atoms with Gasteiger partial charge in [0, 0.05) is 31.1 Å². The van der Waals surface area contributed by atoms with E-state index in [1.807, 2.05) is 20.0 Å². The van der Waals surface area contributed by atoms with Crippen LogP contribution in [0.2, 0.25) is 0 Å². The summed E-state index contributed by atoms with van der Waals surface area (Å²) in [6.45, 7) is 5.77. The highest BCUT2D eigenvalue weighted by atomic mass is 16.5. The molecule has 0 unspecified atom stereocenters. The Bertz CT molecular complexity index is 728. The number of carbonyl (C=O) groups excluding carboxylic acids is 1. The van der Waals surface area contributed by atoms with Gasteiger partial charge in [0.2, 0.25) is 0 Å². The first-order valence-corrected chi connectivity index (χ1v) is 9.49. The van der Waals surface area contributed by atoms with Gasteiger partial charge in [0.05, 0.1) is 6.10 Å². The van der Waals surface area contributed by atoms with Crippen LogP contribution in [0.15, 0.2) is 22.6 Å². The number of nitrogens with zero attached hydrogens (tertiary/aromatic N) is 1. The van der Waals surface area contributed by atoms with Gasteiger partial charge >= 0.3 is 0 Å². The van der Waals surface area contributed by atoms with E-state index in [0.717, 1.165) is 68.2 Å². The van der Waals surface area contributed by atoms with Crippen LogP contribution in [0.1, 0.15) is 60.7 Å². The number of amides is 1. The van der Waals surface area contributed by atoms with Crippen LogP contribution in [0.25, 0.3) is 11.0 Å². The van der Waals surface area contributed by atoms with Gasteiger partial charge in [-0.05, 0) is 56.7 Å². The first-order valence-electron chi connectivity index (χ1n) is 9.49. The molecule has 1 aliphatic rings. The molecular weight excluding hydrogens is 314 g/mol. The maximum absolute atomic E-state index is 12.8. The lowest BCUT2D eigenvalue weighted by Crippen LogP contribution is -2.28. The number of hydrogen-bond acceptors (Lipinski definition) is 3. The summed E-state index contributed by atoms with van der Waals surface area (Å²) in [5, 5.41) is 1.06. The van der Waals surface area contributed by atoms with Gasteiger partial charge < -0.3 is 14.1 Å². The lowest BCUT2D eigenvalue weighted by atomic mass is 10.1. The molecule has 2 aromatic rings. The molecule has 1 amide bonds. The molecule has 0 bridgehead atoms. The van der Waals surface area contributed by atoms with Crippen LogP contribution in [0.4, 0.5) is 0 Å². The smallest absolute Gasteiger partial charge is 0.289 e. The molecule has 1 atom stereocenters. The summed E-state index contributed by atoms with van der Waals surface area (Å²) in [4.78, 5) is 14.5. The third-order valence-corrected chi connectivity index (χ3v) is 5.12. The molecule has 25 heavy (non-hydrogen) atoms. The average Bonchev–Trinajstić information content (AvgIpc) is 3.23. The number of aryl methyl sites for hydroxylation is 2. The van der Waals surface area contributed by atoms with Gasteiger partial charge in [-0.3, -0.25) is 4.79 Å². The molecule has 2 heterocycles. The van der Waals surface area contributed by atoms with E-state index in [-0.39, 0.29) is 5.91 Å². The monoisotopic (exact) mass is 343 g/mol. The Hall–Kier alpha value is -1.81. The molecule has 0 aliphatic carbocycles. The van der Waals surface area contributed by atoms with Crippen molar-refractivity contribution >= 4 is 16.9 Å². The highest BCUT2D eigenvalue weighted by molar-refractivity contribution is 5.98. The van der Waals surface area contributed by atoms with Crippen molar-refractivity contribution in [2.45, 2.75) is 58.5 Å². The molecule has 0 saturated carbocycles. The molecule has 4 heteroatoms. The summed E-state index contributed by atoms with van der Waals surface area (Å²) in [5.41, 5.74) is 3.04. The number of carbonyl (C=O) groups is 1. The maximum atomic E-state index is 12.8. The molecule has 136 valence electrons. The van der Waals surface area contributed by atoms with Crippen LogP contribution in [0.5, 0.6) is 0 Å². The Kier molecular flexibility index (Phi) is 5.79. The van der Waals surface area contributed by atoms with Crippen LogP contribution < -0.4 is 0 Å². The second-order valence-electron chi connectivity index (χ2n) is 7.14. The molecule has 1 saturated heterocycles. The molecule has 1 aromatic carbocycles. The molecule has 0 N–H and O–H groups in total. The standard InChI is InChI=1S/C21H29NO3/c1-4-7-16-10-11-19-18(14-16)15(2)20(25-19)21(23)22(3)12-5-8-17-9-6-13-24-17/h10-11,14,17H,4-9,12-13H2,1-3H3/t17-/m1/s1. The normalized spacial score (nSPS) is 17.3. The Labute approximate surface area is 150 Å². The Morgan fingerprint density at radius 1 is 1.36 bits per heavy atom. The largest absolute Gasteiger partial charge is 0.451 e. The van der Waals surface area contributed by atoms with Crippen molar-refractivity contribution in [3.8, 4) is 0 Å². The summed E-state index contributed by atoms with van der Waals surface area (Å²) in [5.74, 6) is 0.446. The third-order valence-electron chi connectivity index (χ3n) is 5.12. The Balaban J connectivity index is 1.66. The molecular formula is C21H29NO3. The van der Waals surface area contributed by atoms with Crippen LogP contribution in [-0.2, 0) is 11.2 Å². The first kappa shape index (κ1) is 18.0. The summed E-state index contributed by atoms with van der Waals surface area (Å²) in [7, 11) is 1.85. The predicted octanol–water partition coefficient (Wildman–Crippen LogP) is 4.72.